The summed E-state index contributed by atoms with van der Waals surface area (Å²) in [6.07, 6.45) is 2.66. The van der Waals surface area contributed by atoms with E-state index in [1.165, 1.54) is 30.4 Å². The highest BCUT2D eigenvalue weighted by molar-refractivity contribution is 5.88. The molecule has 0 radical (unpaired) electrons. The van der Waals surface area contributed by atoms with Crippen molar-refractivity contribution in [2.45, 2.75) is 0 Å². The molecule has 0 fully saturated rings. The molecule has 0 aliphatic heterocycles. The fourth-order valence-corrected chi connectivity index (χ4v) is 1.55. The maximum absolute atomic E-state index is 12.9. The molecule has 0 unspecified atom stereocenters. The molecule has 4 heteroatoms. The van der Waals surface area contributed by atoms with E-state index in [2.05, 4.69) is 0 Å². The minimum atomic E-state index is -0.593. The lowest BCUT2D eigenvalue weighted by Crippen LogP contribution is -2.03. The third-order valence-electron chi connectivity index (χ3n) is 2.44. The summed E-state index contributed by atoms with van der Waals surface area (Å²) >= 11 is 0. The van der Waals surface area contributed by atoms with Gasteiger partial charge in [-0.25, -0.2) is 9.18 Å². The highest BCUT2D eigenvalue weighted by Gasteiger charge is 2.01. The molecule has 20 heavy (non-hydrogen) atoms. The predicted octanol–water partition coefficient (Wildman–Crippen LogP) is 3.32. The first-order chi connectivity index (χ1) is 9.67. The molecule has 3 nitrogen and oxygen atoms in total. The summed E-state index contributed by atoms with van der Waals surface area (Å²) in [5.74, 6) is -0.676. The molecule has 0 saturated heterocycles. The van der Waals surface area contributed by atoms with Crippen LogP contribution in [0, 0.1) is 17.1 Å². The first-order valence-electron chi connectivity index (χ1n) is 5.83. The molecule has 0 N–H and O–H groups in total. The summed E-state index contributed by atoms with van der Waals surface area (Å²) < 4.78 is 18.0. The van der Waals surface area contributed by atoms with Crippen molar-refractivity contribution in [1.29, 1.82) is 5.26 Å². The van der Waals surface area contributed by atoms with Gasteiger partial charge in [0, 0.05) is 6.08 Å². The number of ether oxygens (including phenoxy) is 1. The second kappa shape index (κ2) is 6.30. The molecule has 0 amide bonds. The Kier molecular flexibility index (Phi) is 4.25. The molecule has 98 valence electrons. The topological polar surface area (TPSA) is 50.1 Å². The summed E-state index contributed by atoms with van der Waals surface area (Å²) in [4.78, 5) is 11.6. The first kappa shape index (κ1) is 13.5. The second-order valence-electron chi connectivity index (χ2n) is 3.95. The van der Waals surface area contributed by atoms with E-state index in [1.54, 1.807) is 30.3 Å². The minimum absolute atomic E-state index is 0.290. The molecule has 0 spiro atoms. The van der Waals surface area contributed by atoms with Gasteiger partial charge in [-0.1, -0.05) is 18.2 Å². The Morgan fingerprint density at radius 3 is 2.75 bits per heavy atom. The minimum Gasteiger partial charge on any atom is -0.423 e. The third kappa shape index (κ3) is 3.79. The van der Waals surface area contributed by atoms with Gasteiger partial charge in [-0.2, -0.15) is 5.26 Å². The normalized spacial score (nSPS) is 10.2. The Bertz CT molecular complexity index is 702. The van der Waals surface area contributed by atoms with Crippen molar-refractivity contribution in [2.75, 3.05) is 0 Å². The maximum atomic E-state index is 12.9. The molecule has 0 aromatic heterocycles. The number of carbonyl (C=O) groups excluding carboxylic acids is 1. The van der Waals surface area contributed by atoms with Crippen molar-refractivity contribution in [3.63, 3.8) is 0 Å². The van der Waals surface area contributed by atoms with Crippen molar-refractivity contribution in [1.82, 2.24) is 0 Å². The number of rotatable bonds is 3. The fourth-order valence-electron chi connectivity index (χ4n) is 1.55. The van der Waals surface area contributed by atoms with Crippen LogP contribution in [0.2, 0.25) is 0 Å². The maximum Gasteiger partial charge on any atom is 0.336 e. The largest absolute Gasteiger partial charge is 0.423 e. The molecule has 0 aliphatic rings. The quantitative estimate of drug-likeness (QED) is 0.487. The monoisotopic (exact) mass is 267 g/mol. The zero-order valence-corrected chi connectivity index (χ0v) is 10.4. The van der Waals surface area contributed by atoms with Crippen LogP contribution in [0.25, 0.3) is 6.08 Å². The van der Waals surface area contributed by atoms with E-state index in [1.807, 2.05) is 6.07 Å². The summed E-state index contributed by atoms with van der Waals surface area (Å²) in [5.41, 5.74) is 0.970. The smallest absolute Gasteiger partial charge is 0.336 e. The van der Waals surface area contributed by atoms with Crippen LogP contribution in [0.5, 0.6) is 5.75 Å². The van der Waals surface area contributed by atoms with Crippen molar-refractivity contribution >= 4 is 12.0 Å². The van der Waals surface area contributed by atoms with E-state index in [-0.39, 0.29) is 11.6 Å². The van der Waals surface area contributed by atoms with Gasteiger partial charge in [-0.05, 0) is 42.0 Å². The molecule has 0 atom stereocenters. The van der Waals surface area contributed by atoms with Crippen molar-refractivity contribution in [2.24, 2.45) is 0 Å². The highest BCUT2D eigenvalue weighted by atomic mass is 19.1. The van der Waals surface area contributed by atoms with Gasteiger partial charge in [0.15, 0.2) is 0 Å². The third-order valence-corrected chi connectivity index (χ3v) is 2.44. The van der Waals surface area contributed by atoms with E-state index < -0.39 is 5.97 Å². The van der Waals surface area contributed by atoms with Gasteiger partial charge >= 0.3 is 5.97 Å². The van der Waals surface area contributed by atoms with Crippen LogP contribution in [0.15, 0.2) is 54.6 Å². The molecule has 2 aromatic carbocycles. The lowest BCUT2D eigenvalue weighted by molar-refractivity contribution is -0.128. The molecule has 2 aromatic rings. The SMILES string of the molecule is N#Cc1cccc(OC(=O)/C=C/c2cccc(F)c2)c1. The number of hydrogen-bond acceptors (Lipinski definition) is 3. The number of nitriles is 1. The zero-order chi connectivity index (χ0) is 14.4. The van der Waals surface area contributed by atoms with Gasteiger partial charge in [0.2, 0.25) is 0 Å². The van der Waals surface area contributed by atoms with E-state index >= 15 is 0 Å². The van der Waals surface area contributed by atoms with Crippen molar-refractivity contribution in [3.8, 4) is 11.8 Å². The average Bonchev–Trinajstić information content (AvgIpc) is 2.45. The molecule has 0 heterocycles. The van der Waals surface area contributed by atoms with Crippen molar-refractivity contribution < 1.29 is 13.9 Å². The van der Waals surface area contributed by atoms with Crippen LogP contribution in [-0.4, -0.2) is 5.97 Å². The summed E-state index contributed by atoms with van der Waals surface area (Å²) in [5, 5.41) is 8.73. The molecule has 0 bridgehead atoms. The van der Waals surface area contributed by atoms with Crippen LogP contribution < -0.4 is 4.74 Å². The Morgan fingerprint density at radius 1 is 1.20 bits per heavy atom. The average molecular weight is 267 g/mol. The summed E-state index contributed by atoms with van der Waals surface area (Å²) in [7, 11) is 0. The van der Waals surface area contributed by atoms with E-state index in [9.17, 15) is 9.18 Å². The number of carbonyl (C=O) groups is 1. The van der Waals surface area contributed by atoms with Gasteiger partial charge in [-0.3, -0.25) is 0 Å². The van der Waals surface area contributed by atoms with Gasteiger partial charge < -0.3 is 4.74 Å². The van der Waals surface area contributed by atoms with Gasteiger partial charge in [0.25, 0.3) is 0 Å². The van der Waals surface area contributed by atoms with Crippen molar-refractivity contribution in [3.05, 3.63) is 71.6 Å². The molecular formula is C16H10FNO2. The van der Waals surface area contributed by atoms with Crippen LogP contribution in [0.1, 0.15) is 11.1 Å². The first-order valence-corrected chi connectivity index (χ1v) is 5.83. The Labute approximate surface area is 115 Å². The molecule has 0 saturated carbocycles. The lowest BCUT2D eigenvalue weighted by Gasteiger charge is -2.01. The highest BCUT2D eigenvalue weighted by Crippen LogP contribution is 2.13. The van der Waals surface area contributed by atoms with Gasteiger partial charge in [-0.15, -0.1) is 0 Å². The lowest BCUT2D eigenvalue weighted by atomic mass is 10.2. The standard InChI is InChI=1S/C16H10FNO2/c17-14-5-1-3-12(9-14)7-8-16(19)20-15-6-2-4-13(10-15)11-18/h1-10H/b8-7+. The van der Waals surface area contributed by atoms with Gasteiger partial charge in [0.05, 0.1) is 11.6 Å². The fraction of sp³-hybridized carbons (Fsp3) is 0. The Balaban J connectivity index is 2.04. The van der Waals surface area contributed by atoms with E-state index in [4.69, 9.17) is 10.00 Å². The summed E-state index contributed by atoms with van der Waals surface area (Å²) in [6.45, 7) is 0. The van der Waals surface area contributed by atoms with E-state index in [0.29, 0.717) is 11.1 Å². The zero-order valence-electron chi connectivity index (χ0n) is 10.4. The number of hydrogen-bond donors (Lipinski definition) is 0. The van der Waals surface area contributed by atoms with E-state index in [0.717, 1.165) is 0 Å². The Hall–Kier alpha value is -2.93. The summed E-state index contributed by atoms with van der Waals surface area (Å²) in [6, 6.07) is 14.1. The number of nitrogens with zero attached hydrogens (tertiary/aromatic N) is 1. The van der Waals surface area contributed by atoms with Crippen LogP contribution >= 0.6 is 0 Å². The number of halogens is 1. The van der Waals surface area contributed by atoms with Crippen LogP contribution in [0.4, 0.5) is 4.39 Å². The van der Waals surface area contributed by atoms with Crippen LogP contribution in [-0.2, 0) is 4.79 Å². The predicted molar refractivity (Wildman–Crippen MR) is 72.2 cm³/mol. The van der Waals surface area contributed by atoms with Gasteiger partial charge in [0.1, 0.15) is 11.6 Å². The number of benzene rings is 2. The second-order valence-corrected chi connectivity index (χ2v) is 3.95. The molecular weight excluding hydrogens is 257 g/mol. The molecule has 0 aliphatic carbocycles. The number of esters is 1. The molecule has 2 rings (SSSR count). The Morgan fingerprint density at radius 2 is 2.00 bits per heavy atom. The van der Waals surface area contributed by atoms with Crippen LogP contribution in [0.3, 0.4) is 0 Å².